The SMILES string of the molecule is CC[C@H](Sc1ccccc1)[C@@H](O)[C@@H](C)C(=O)N1C(=O)OC[C@@H]1C(C)C. The summed E-state index contributed by atoms with van der Waals surface area (Å²) in [5, 5.41) is 10.6. The Bertz CT molecular complexity index is 592. The molecule has 4 atom stereocenters. The Morgan fingerprint density at radius 2 is 1.96 bits per heavy atom. The van der Waals surface area contributed by atoms with Crippen molar-refractivity contribution in [2.45, 2.75) is 56.4 Å². The minimum absolute atomic E-state index is 0.111. The number of cyclic esters (lactones) is 1. The Labute approximate surface area is 153 Å². The van der Waals surface area contributed by atoms with Crippen LogP contribution in [0, 0.1) is 11.8 Å². The van der Waals surface area contributed by atoms with E-state index in [0.717, 1.165) is 11.3 Å². The van der Waals surface area contributed by atoms with E-state index < -0.39 is 18.1 Å². The van der Waals surface area contributed by atoms with Crippen LogP contribution in [-0.2, 0) is 9.53 Å². The number of aliphatic hydroxyl groups is 1. The highest BCUT2D eigenvalue weighted by Crippen LogP contribution is 2.31. The first-order valence-electron chi connectivity index (χ1n) is 8.76. The zero-order valence-corrected chi connectivity index (χ0v) is 16.0. The molecule has 0 aromatic heterocycles. The second-order valence-electron chi connectivity index (χ2n) is 6.75. The van der Waals surface area contributed by atoms with Crippen molar-refractivity contribution in [3.05, 3.63) is 30.3 Å². The molecule has 2 amide bonds. The Morgan fingerprint density at radius 1 is 1.32 bits per heavy atom. The summed E-state index contributed by atoms with van der Waals surface area (Å²) in [6.45, 7) is 7.80. The van der Waals surface area contributed by atoms with Crippen molar-refractivity contribution in [2.75, 3.05) is 6.61 Å². The molecule has 25 heavy (non-hydrogen) atoms. The van der Waals surface area contributed by atoms with Crippen molar-refractivity contribution in [1.82, 2.24) is 4.90 Å². The quantitative estimate of drug-likeness (QED) is 0.749. The van der Waals surface area contributed by atoms with Crippen molar-refractivity contribution < 1.29 is 19.4 Å². The fourth-order valence-electron chi connectivity index (χ4n) is 2.94. The third-order valence-electron chi connectivity index (χ3n) is 4.63. The molecule has 1 saturated heterocycles. The molecule has 5 nitrogen and oxygen atoms in total. The van der Waals surface area contributed by atoms with Gasteiger partial charge in [-0.15, -0.1) is 11.8 Å². The van der Waals surface area contributed by atoms with Crippen molar-refractivity contribution in [1.29, 1.82) is 0 Å². The Hall–Kier alpha value is -1.53. The molecule has 1 fully saturated rings. The number of aliphatic hydroxyl groups excluding tert-OH is 1. The summed E-state index contributed by atoms with van der Waals surface area (Å²) >= 11 is 1.56. The van der Waals surface area contributed by atoms with Gasteiger partial charge in [-0.25, -0.2) is 9.69 Å². The van der Waals surface area contributed by atoms with Crippen LogP contribution in [0.2, 0.25) is 0 Å². The summed E-state index contributed by atoms with van der Waals surface area (Å²) in [6.07, 6.45) is -0.730. The van der Waals surface area contributed by atoms with Gasteiger partial charge in [-0.2, -0.15) is 0 Å². The van der Waals surface area contributed by atoms with Crippen LogP contribution in [0.1, 0.15) is 34.1 Å². The van der Waals surface area contributed by atoms with Gasteiger partial charge in [0.25, 0.3) is 0 Å². The number of carbonyl (C=O) groups excluding carboxylic acids is 2. The predicted molar refractivity (Wildman–Crippen MR) is 98.4 cm³/mol. The zero-order valence-electron chi connectivity index (χ0n) is 15.2. The molecule has 0 saturated carbocycles. The number of amides is 2. The number of rotatable bonds is 7. The molecule has 1 aliphatic heterocycles. The third kappa shape index (κ3) is 4.55. The van der Waals surface area contributed by atoms with Crippen molar-refractivity contribution in [3.63, 3.8) is 0 Å². The Morgan fingerprint density at radius 3 is 2.52 bits per heavy atom. The lowest BCUT2D eigenvalue weighted by Crippen LogP contribution is -2.48. The van der Waals surface area contributed by atoms with E-state index in [1.165, 1.54) is 4.90 Å². The van der Waals surface area contributed by atoms with Crippen LogP contribution in [0.25, 0.3) is 0 Å². The molecule has 1 aliphatic rings. The maximum atomic E-state index is 12.8. The summed E-state index contributed by atoms with van der Waals surface area (Å²) in [5.74, 6) is -0.922. The van der Waals surface area contributed by atoms with Crippen LogP contribution in [0.15, 0.2) is 35.2 Å². The number of hydrogen-bond acceptors (Lipinski definition) is 5. The molecule has 138 valence electrons. The Kier molecular flexibility index (Phi) is 6.90. The van der Waals surface area contributed by atoms with Gasteiger partial charge in [0.2, 0.25) is 5.91 Å². The van der Waals surface area contributed by atoms with Crippen LogP contribution in [0.3, 0.4) is 0 Å². The van der Waals surface area contributed by atoms with Crippen LogP contribution >= 0.6 is 11.8 Å². The standard InChI is InChI=1S/C19H27NO4S/c1-5-16(25-14-9-7-6-8-10-14)17(21)13(4)18(22)20-15(12(2)3)11-24-19(20)23/h6-10,12-13,15-17,21H,5,11H2,1-4H3/t13-,15-,16+,17+/m1/s1. The lowest BCUT2D eigenvalue weighted by atomic mass is 9.96. The van der Waals surface area contributed by atoms with Crippen molar-refractivity contribution in [3.8, 4) is 0 Å². The predicted octanol–water partition coefficient (Wildman–Crippen LogP) is 3.56. The van der Waals surface area contributed by atoms with E-state index >= 15 is 0 Å². The highest BCUT2D eigenvalue weighted by molar-refractivity contribution is 8.00. The van der Waals surface area contributed by atoms with E-state index in [9.17, 15) is 14.7 Å². The summed E-state index contributed by atoms with van der Waals surface area (Å²) in [5.41, 5.74) is 0. The van der Waals surface area contributed by atoms with Gasteiger partial charge in [0, 0.05) is 10.1 Å². The van der Waals surface area contributed by atoms with Crippen LogP contribution in [-0.4, -0.2) is 46.0 Å². The van der Waals surface area contributed by atoms with E-state index in [2.05, 4.69) is 0 Å². The average molecular weight is 365 g/mol. The molecule has 1 heterocycles. The second kappa shape index (κ2) is 8.72. The fraction of sp³-hybridized carbons (Fsp3) is 0.579. The molecule has 1 aromatic rings. The molecule has 1 aromatic carbocycles. The maximum Gasteiger partial charge on any atom is 0.416 e. The second-order valence-corrected chi connectivity index (χ2v) is 8.07. The van der Waals surface area contributed by atoms with Gasteiger partial charge in [0.15, 0.2) is 0 Å². The minimum atomic E-state index is -0.844. The summed E-state index contributed by atoms with van der Waals surface area (Å²) in [7, 11) is 0. The molecule has 0 unspecified atom stereocenters. The first-order valence-corrected chi connectivity index (χ1v) is 9.64. The van der Waals surface area contributed by atoms with Gasteiger partial charge in [0.05, 0.1) is 18.1 Å². The minimum Gasteiger partial charge on any atom is -0.447 e. The average Bonchev–Trinajstić information content (AvgIpc) is 3.00. The highest BCUT2D eigenvalue weighted by Gasteiger charge is 2.43. The van der Waals surface area contributed by atoms with Gasteiger partial charge in [-0.05, 0) is 24.5 Å². The molecule has 0 radical (unpaired) electrons. The monoisotopic (exact) mass is 365 g/mol. The molecule has 6 heteroatoms. The molecule has 0 bridgehead atoms. The fourth-order valence-corrected chi connectivity index (χ4v) is 4.14. The molecule has 1 N–H and O–H groups in total. The smallest absolute Gasteiger partial charge is 0.416 e. The topological polar surface area (TPSA) is 66.8 Å². The van der Waals surface area contributed by atoms with Gasteiger partial charge in [-0.3, -0.25) is 4.79 Å². The lowest BCUT2D eigenvalue weighted by Gasteiger charge is -2.30. The van der Waals surface area contributed by atoms with Crippen LogP contribution in [0.4, 0.5) is 4.79 Å². The number of nitrogens with zero attached hydrogens (tertiary/aromatic N) is 1. The van der Waals surface area contributed by atoms with E-state index in [4.69, 9.17) is 4.74 Å². The summed E-state index contributed by atoms with van der Waals surface area (Å²) in [4.78, 5) is 27.1. The Balaban J connectivity index is 2.09. The number of ether oxygens (including phenoxy) is 1. The van der Waals surface area contributed by atoms with Gasteiger partial charge in [0.1, 0.15) is 6.61 Å². The van der Waals surface area contributed by atoms with E-state index in [1.54, 1.807) is 18.7 Å². The van der Waals surface area contributed by atoms with Gasteiger partial charge < -0.3 is 9.84 Å². The van der Waals surface area contributed by atoms with Gasteiger partial charge in [-0.1, -0.05) is 45.9 Å². The first-order chi connectivity index (χ1) is 11.9. The number of benzene rings is 1. The van der Waals surface area contributed by atoms with Crippen LogP contribution < -0.4 is 0 Å². The molecule has 0 spiro atoms. The normalized spacial score (nSPS) is 21.1. The largest absolute Gasteiger partial charge is 0.447 e. The number of imide groups is 1. The van der Waals surface area contributed by atoms with E-state index in [0.29, 0.717) is 0 Å². The number of carbonyl (C=O) groups is 2. The zero-order chi connectivity index (χ0) is 18.6. The highest BCUT2D eigenvalue weighted by atomic mass is 32.2. The maximum absolute atomic E-state index is 12.8. The lowest BCUT2D eigenvalue weighted by molar-refractivity contribution is -0.137. The molecule has 0 aliphatic carbocycles. The first kappa shape index (κ1) is 19.8. The summed E-state index contributed by atoms with van der Waals surface area (Å²) < 4.78 is 5.05. The van der Waals surface area contributed by atoms with Crippen molar-refractivity contribution >= 4 is 23.8 Å². The number of hydrogen-bond donors (Lipinski definition) is 1. The van der Waals surface area contributed by atoms with E-state index in [1.807, 2.05) is 51.1 Å². The molecular formula is C19H27NO4S. The van der Waals surface area contributed by atoms with Crippen molar-refractivity contribution in [2.24, 2.45) is 11.8 Å². The summed E-state index contributed by atoms with van der Waals surface area (Å²) in [6, 6.07) is 9.54. The van der Waals surface area contributed by atoms with Gasteiger partial charge >= 0.3 is 6.09 Å². The van der Waals surface area contributed by atoms with E-state index in [-0.39, 0.29) is 29.7 Å². The third-order valence-corrected chi connectivity index (χ3v) is 6.09. The van der Waals surface area contributed by atoms with Crippen LogP contribution in [0.5, 0.6) is 0 Å². The molecular weight excluding hydrogens is 338 g/mol. The number of thioether (sulfide) groups is 1. The molecule has 2 rings (SSSR count).